The normalized spacial score (nSPS) is 18.0. The summed E-state index contributed by atoms with van der Waals surface area (Å²) in [7, 11) is 1.98. The van der Waals surface area contributed by atoms with Gasteiger partial charge in [-0.1, -0.05) is 11.6 Å². The quantitative estimate of drug-likeness (QED) is 0.929. The van der Waals surface area contributed by atoms with Gasteiger partial charge in [0.05, 0.1) is 12.5 Å². The van der Waals surface area contributed by atoms with E-state index in [1.54, 1.807) is 6.07 Å². The number of halogens is 1. The predicted octanol–water partition coefficient (Wildman–Crippen LogP) is 2.00. The maximum atomic E-state index is 12.4. The number of hydrogen-bond acceptors (Lipinski definition) is 4. The van der Waals surface area contributed by atoms with E-state index >= 15 is 0 Å². The van der Waals surface area contributed by atoms with E-state index in [4.69, 9.17) is 11.6 Å². The van der Waals surface area contributed by atoms with Crippen molar-refractivity contribution < 1.29 is 4.79 Å². The Morgan fingerprint density at radius 2 is 2.26 bits per heavy atom. The van der Waals surface area contributed by atoms with Gasteiger partial charge in [0.25, 0.3) is 0 Å². The molecule has 3 heterocycles. The summed E-state index contributed by atoms with van der Waals surface area (Å²) >= 11 is 5.77. The maximum Gasteiger partial charge on any atom is 0.225 e. The zero-order chi connectivity index (χ0) is 16.2. The second-order valence-electron chi connectivity index (χ2n) is 5.83. The predicted molar refractivity (Wildman–Crippen MR) is 89.2 cm³/mol. The number of carbonyl (C=O) groups excluding carboxylic acids is 1. The van der Waals surface area contributed by atoms with Gasteiger partial charge in [-0.05, 0) is 37.1 Å². The Bertz CT molecular complexity index is 669. The Balaban J connectivity index is 1.58. The van der Waals surface area contributed by atoms with E-state index in [1.165, 1.54) is 0 Å². The zero-order valence-electron chi connectivity index (χ0n) is 13.1. The highest BCUT2D eigenvalue weighted by atomic mass is 35.5. The fourth-order valence-electron chi connectivity index (χ4n) is 2.88. The van der Waals surface area contributed by atoms with Crippen LogP contribution in [0.3, 0.4) is 0 Å². The van der Waals surface area contributed by atoms with Crippen LogP contribution in [0, 0.1) is 5.92 Å². The number of hydrogen-bond donors (Lipinski definition) is 1. The third-order valence-corrected chi connectivity index (χ3v) is 4.43. The molecule has 7 heteroatoms. The molecule has 0 unspecified atom stereocenters. The highest BCUT2D eigenvalue weighted by Gasteiger charge is 2.26. The van der Waals surface area contributed by atoms with Crippen molar-refractivity contribution in [2.45, 2.75) is 19.4 Å². The summed E-state index contributed by atoms with van der Waals surface area (Å²) in [4.78, 5) is 14.5. The molecule has 0 aliphatic carbocycles. The second kappa shape index (κ2) is 7.00. The van der Waals surface area contributed by atoms with Crippen LogP contribution in [-0.2, 0) is 18.4 Å². The van der Waals surface area contributed by atoms with Gasteiger partial charge in [0.2, 0.25) is 5.91 Å². The van der Waals surface area contributed by atoms with Crippen molar-refractivity contribution in [2.75, 3.05) is 18.0 Å². The topological polar surface area (TPSA) is 63.1 Å². The minimum Gasteiger partial charge on any atom is -0.354 e. The van der Waals surface area contributed by atoms with Gasteiger partial charge in [0.1, 0.15) is 0 Å². The van der Waals surface area contributed by atoms with Crippen molar-refractivity contribution in [3.63, 3.8) is 0 Å². The van der Waals surface area contributed by atoms with Gasteiger partial charge < -0.3 is 14.8 Å². The van der Waals surface area contributed by atoms with Gasteiger partial charge in [-0.2, -0.15) is 0 Å². The van der Waals surface area contributed by atoms with Crippen molar-refractivity contribution in [3.05, 3.63) is 41.3 Å². The molecule has 6 nitrogen and oxygen atoms in total. The smallest absolute Gasteiger partial charge is 0.225 e. The Labute approximate surface area is 140 Å². The number of amides is 1. The van der Waals surface area contributed by atoms with Crippen molar-refractivity contribution in [2.24, 2.45) is 13.0 Å². The molecule has 3 rings (SSSR count). The molecule has 23 heavy (non-hydrogen) atoms. The third kappa shape index (κ3) is 3.82. The molecule has 0 saturated carbocycles. The summed E-state index contributed by atoms with van der Waals surface area (Å²) in [5, 5.41) is 11.4. The zero-order valence-corrected chi connectivity index (χ0v) is 13.8. The van der Waals surface area contributed by atoms with Crippen molar-refractivity contribution in [3.8, 4) is 0 Å². The highest BCUT2D eigenvalue weighted by molar-refractivity contribution is 6.29. The van der Waals surface area contributed by atoms with Crippen LogP contribution in [0.1, 0.15) is 18.5 Å². The van der Waals surface area contributed by atoms with E-state index in [1.807, 2.05) is 36.0 Å². The maximum absolute atomic E-state index is 12.4. The average Bonchev–Trinajstić information content (AvgIpc) is 2.98. The molecule has 0 spiro atoms. The van der Waals surface area contributed by atoms with Gasteiger partial charge in [-0.3, -0.25) is 4.79 Å². The second-order valence-corrected chi connectivity index (χ2v) is 6.21. The van der Waals surface area contributed by atoms with Gasteiger partial charge >= 0.3 is 0 Å². The molecular formula is C16H20ClN5O. The minimum absolute atomic E-state index is 0.0264. The van der Waals surface area contributed by atoms with Crippen LogP contribution in [-0.4, -0.2) is 33.8 Å². The first-order valence-corrected chi connectivity index (χ1v) is 8.13. The summed E-state index contributed by atoms with van der Waals surface area (Å²) in [6.45, 7) is 2.10. The molecule has 1 atom stereocenters. The summed E-state index contributed by atoms with van der Waals surface area (Å²) in [6, 6.07) is 7.56. The van der Waals surface area contributed by atoms with Crippen LogP contribution in [0.15, 0.2) is 30.5 Å². The molecule has 0 radical (unpaired) electrons. The average molecular weight is 334 g/mol. The number of rotatable bonds is 4. The fourth-order valence-corrected chi connectivity index (χ4v) is 2.98. The molecule has 1 saturated heterocycles. The molecule has 1 aliphatic heterocycles. The number of aryl methyl sites for hydroxylation is 1. The summed E-state index contributed by atoms with van der Waals surface area (Å²) in [5.74, 6) is 0.841. The molecular weight excluding hydrogens is 314 g/mol. The van der Waals surface area contributed by atoms with Crippen LogP contribution in [0.4, 0.5) is 5.82 Å². The first-order chi connectivity index (χ1) is 11.1. The van der Waals surface area contributed by atoms with Gasteiger partial charge in [0.15, 0.2) is 11.0 Å². The highest BCUT2D eigenvalue weighted by Crippen LogP contribution is 2.22. The van der Waals surface area contributed by atoms with Gasteiger partial charge in [0, 0.05) is 32.0 Å². The Kier molecular flexibility index (Phi) is 4.81. The van der Waals surface area contributed by atoms with Crippen molar-refractivity contribution in [1.29, 1.82) is 0 Å². The first-order valence-electron chi connectivity index (χ1n) is 7.75. The van der Waals surface area contributed by atoms with E-state index in [-0.39, 0.29) is 11.8 Å². The summed E-state index contributed by atoms with van der Waals surface area (Å²) in [6.07, 6.45) is 3.84. The molecule has 122 valence electrons. The largest absolute Gasteiger partial charge is 0.354 e. The third-order valence-electron chi connectivity index (χ3n) is 4.23. The lowest BCUT2D eigenvalue weighted by molar-refractivity contribution is -0.125. The van der Waals surface area contributed by atoms with Crippen LogP contribution in [0.5, 0.6) is 0 Å². The number of nitrogens with zero attached hydrogens (tertiary/aromatic N) is 4. The van der Waals surface area contributed by atoms with Gasteiger partial charge in [-0.15, -0.1) is 10.2 Å². The van der Waals surface area contributed by atoms with E-state index in [2.05, 4.69) is 20.4 Å². The van der Waals surface area contributed by atoms with Crippen molar-refractivity contribution in [1.82, 2.24) is 20.1 Å². The number of anilines is 1. The molecule has 0 aromatic carbocycles. The Hall–Kier alpha value is -2.08. The molecule has 1 N–H and O–H groups in total. The lowest BCUT2D eigenvalue weighted by Crippen LogP contribution is -2.43. The first kappa shape index (κ1) is 15.8. The lowest BCUT2D eigenvalue weighted by atomic mass is 9.97. The van der Waals surface area contributed by atoms with E-state index in [9.17, 15) is 4.79 Å². The van der Waals surface area contributed by atoms with E-state index in [0.717, 1.165) is 30.9 Å². The van der Waals surface area contributed by atoms with Crippen molar-refractivity contribution >= 4 is 23.3 Å². The summed E-state index contributed by atoms with van der Waals surface area (Å²) in [5.41, 5.74) is 1.09. The number of aromatic nitrogens is 3. The molecule has 1 aliphatic rings. The molecule has 1 amide bonds. The van der Waals surface area contributed by atoms with Gasteiger partial charge in [-0.25, -0.2) is 0 Å². The lowest BCUT2D eigenvalue weighted by Gasteiger charge is -2.32. The van der Waals surface area contributed by atoms with Crippen LogP contribution >= 0.6 is 11.6 Å². The molecule has 2 aromatic heterocycles. The molecule has 1 fully saturated rings. The Morgan fingerprint density at radius 1 is 1.39 bits per heavy atom. The number of carbonyl (C=O) groups is 1. The van der Waals surface area contributed by atoms with Crippen LogP contribution < -0.4 is 10.2 Å². The molecule has 0 bridgehead atoms. The monoisotopic (exact) mass is 333 g/mol. The number of nitrogens with one attached hydrogen (secondary N) is 1. The van der Waals surface area contributed by atoms with Crippen LogP contribution in [0.25, 0.3) is 0 Å². The van der Waals surface area contributed by atoms with Crippen LogP contribution in [0.2, 0.25) is 5.15 Å². The van der Waals surface area contributed by atoms with E-state index < -0.39 is 0 Å². The van der Waals surface area contributed by atoms with E-state index in [0.29, 0.717) is 18.2 Å². The Morgan fingerprint density at radius 3 is 2.96 bits per heavy atom. The SMILES string of the molecule is Cn1cccc1CNC(=O)[C@H]1CCCN(c2ccc(Cl)nn2)C1. The fraction of sp³-hybridized carbons (Fsp3) is 0.438. The standard InChI is InChI=1S/C16H20ClN5O/c1-21-8-3-5-13(21)10-18-16(23)12-4-2-9-22(11-12)15-7-6-14(17)19-20-15/h3,5-8,12H,2,4,9-11H2,1H3,(H,18,23)/t12-/m0/s1. The minimum atomic E-state index is -0.0264. The molecule has 2 aromatic rings. The number of piperidine rings is 1. The summed E-state index contributed by atoms with van der Waals surface area (Å²) < 4.78 is 2.01.